The number of hydrogen-bond donors (Lipinski definition) is 2. The lowest BCUT2D eigenvalue weighted by Crippen LogP contribution is -2.23. The van der Waals surface area contributed by atoms with E-state index in [9.17, 15) is 18.0 Å². The average molecular weight is 329 g/mol. The Labute approximate surface area is 129 Å². The minimum atomic E-state index is -3.35. The van der Waals surface area contributed by atoms with E-state index in [1.807, 2.05) is 0 Å². The zero-order valence-electron chi connectivity index (χ0n) is 12.2. The normalized spacial score (nSPS) is 11.0. The molecule has 7 nitrogen and oxygen atoms in total. The van der Waals surface area contributed by atoms with Crippen LogP contribution in [0.15, 0.2) is 24.3 Å². The van der Waals surface area contributed by atoms with Crippen LogP contribution in [-0.4, -0.2) is 43.5 Å². The molecule has 0 aliphatic rings. The molecule has 0 aliphatic carbocycles. The van der Waals surface area contributed by atoms with E-state index in [-0.39, 0.29) is 18.8 Å². The van der Waals surface area contributed by atoms with Crippen molar-refractivity contribution in [2.45, 2.75) is 19.8 Å². The van der Waals surface area contributed by atoms with Gasteiger partial charge in [0.2, 0.25) is 5.91 Å². The van der Waals surface area contributed by atoms with Crippen LogP contribution in [0.2, 0.25) is 0 Å². The van der Waals surface area contributed by atoms with E-state index in [2.05, 4.69) is 5.32 Å². The number of carboxylic acids is 1. The number of hydrogen-bond acceptors (Lipinski definition) is 5. The first-order valence-electron chi connectivity index (χ1n) is 6.77. The van der Waals surface area contributed by atoms with Crippen LogP contribution < -0.4 is 10.1 Å². The fourth-order valence-electron chi connectivity index (χ4n) is 1.55. The molecule has 1 aromatic carbocycles. The number of ether oxygens (including phenoxy) is 1. The Kier molecular flexibility index (Phi) is 6.84. The molecule has 0 saturated carbocycles. The van der Waals surface area contributed by atoms with E-state index in [0.29, 0.717) is 17.9 Å². The lowest BCUT2D eigenvalue weighted by Gasteiger charge is -2.08. The van der Waals surface area contributed by atoms with Crippen molar-refractivity contribution in [3.05, 3.63) is 24.3 Å². The molecule has 1 rings (SSSR count). The molecule has 122 valence electrons. The first kappa shape index (κ1) is 18.0. The number of carbonyl (C=O) groups excluding carboxylic acids is 1. The van der Waals surface area contributed by atoms with Crippen molar-refractivity contribution in [2.24, 2.45) is 0 Å². The molecule has 0 aliphatic heterocycles. The minimum absolute atomic E-state index is 0.0417. The topological polar surface area (TPSA) is 110 Å². The molecule has 0 aromatic heterocycles. The second-order valence-electron chi connectivity index (χ2n) is 4.59. The molecule has 0 unspecified atom stereocenters. The highest BCUT2D eigenvalue weighted by Crippen LogP contribution is 2.16. The van der Waals surface area contributed by atoms with Gasteiger partial charge in [-0.05, 0) is 30.7 Å². The van der Waals surface area contributed by atoms with Crippen molar-refractivity contribution in [1.82, 2.24) is 0 Å². The molecule has 2 N–H and O–H groups in total. The summed E-state index contributed by atoms with van der Waals surface area (Å²) in [6, 6.07) is 6.40. The molecule has 0 saturated heterocycles. The molecule has 1 aromatic rings. The summed E-state index contributed by atoms with van der Waals surface area (Å²) in [6.45, 7) is 1.77. The number of carbonyl (C=O) groups is 2. The molecule has 0 fully saturated rings. The van der Waals surface area contributed by atoms with Crippen LogP contribution >= 0.6 is 0 Å². The smallest absolute Gasteiger partial charge is 0.303 e. The lowest BCUT2D eigenvalue weighted by atomic mass is 10.3. The summed E-state index contributed by atoms with van der Waals surface area (Å²) in [5.74, 6) is -1.54. The van der Waals surface area contributed by atoms with Gasteiger partial charge in [-0.1, -0.05) is 6.92 Å². The summed E-state index contributed by atoms with van der Waals surface area (Å²) in [5.41, 5.74) is 0.467. The Morgan fingerprint density at radius 2 is 1.86 bits per heavy atom. The first-order chi connectivity index (χ1) is 10.3. The molecule has 0 bridgehead atoms. The lowest BCUT2D eigenvalue weighted by molar-refractivity contribution is -0.137. The van der Waals surface area contributed by atoms with E-state index < -0.39 is 27.5 Å². The van der Waals surface area contributed by atoms with Crippen molar-refractivity contribution in [2.75, 3.05) is 23.4 Å². The molecule has 22 heavy (non-hydrogen) atoms. The highest BCUT2D eigenvalue weighted by atomic mass is 32.2. The summed E-state index contributed by atoms with van der Waals surface area (Å²) in [4.78, 5) is 21.9. The van der Waals surface area contributed by atoms with Crippen LogP contribution in [0.5, 0.6) is 5.75 Å². The Hall–Kier alpha value is -2.09. The predicted octanol–water partition coefficient (Wildman–Crippen LogP) is 1.30. The maximum Gasteiger partial charge on any atom is 0.303 e. The van der Waals surface area contributed by atoms with Gasteiger partial charge in [0.15, 0.2) is 9.84 Å². The summed E-state index contributed by atoms with van der Waals surface area (Å²) in [6.07, 6.45) is 0.447. The van der Waals surface area contributed by atoms with Crippen molar-refractivity contribution in [3.8, 4) is 5.75 Å². The van der Waals surface area contributed by atoms with Crippen LogP contribution in [0.4, 0.5) is 5.69 Å². The van der Waals surface area contributed by atoms with Crippen molar-refractivity contribution >= 4 is 27.4 Å². The summed E-state index contributed by atoms with van der Waals surface area (Å²) >= 11 is 0. The Bertz CT molecular complexity index is 609. The van der Waals surface area contributed by atoms with Gasteiger partial charge in [0.1, 0.15) is 11.5 Å². The van der Waals surface area contributed by atoms with Crippen LogP contribution in [0.3, 0.4) is 0 Å². The van der Waals surface area contributed by atoms with Crippen molar-refractivity contribution in [1.29, 1.82) is 0 Å². The van der Waals surface area contributed by atoms with Gasteiger partial charge < -0.3 is 15.2 Å². The van der Waals surface area contributed by atoms with Crippen molar-refractivity contribution < 1.29 is 27.9 Å². The fourth-order valence-corrected chi connectivity index (χ4v) is 2.22. The number of nitrogens with one attached hydrogen (secondary N) is 1. The number of rotatable bonds is 9. The van der Waals surface area contributed by atoms with Gasteiger partial charge in [0, 0.05) is 17.9 Å². The molecular weight excluding hydrogens is 310 g/mol. The van der Waals surface area contributed by atoms with Crippen molar-refractivity contribution in [3.63, 3.8) is 0 Å². The van der Waals surface area contributed by atoms with Gasteiger partial charge in [0.25, 0.3) is 0 Å². The Balaban J connectivity index is 2.44. The Morgan fingerprint density at radius 1 is 1.23 bits per heavy atom. The van der Waals surface area contributed by atoms with E-state index in [1.165, 1.54) is 6.92 Å². The monoisotopic (exact) mass is 329 g/mol. The zero-order chi connectivity index (χ0) is 16.6. The van der Waals surface area contributed by atoms with Gasteiger partial charge in [-0.25, -0.2) is 8.42 Å². The third-order valence-corrected chi connectivity index (χ3v) is 4.31. The molecule has 0 heterocycles. The van der Waals surface area contributed by atoms with Gasteiger partial charge in [0.05, 0.1) is 6.61 Å². The van der Waals surface area contributed by atoms with Crippen LogP contribution in [-0.2, 0) is 19.4 Å². The average Bonchev–Trinajstić information content (AvgIpc) is 2.44. The number of amides is 1. The number of sulfone groups is 1. The molecule has 1 amide bonds. The molecular formula is C14H19NO6S. The second-order valence-corrected chi connectivity index (χ2v) is 6.95. The maximum atomic E-state index is 11.6. The van der Waals surface area contributed by atoms with E-state index in [0.717, 1.165) is 0 Å². The van der Waals surface area contributed by atoms with Crippen LogP contribution in [0, 0.1) is 0 Å². The largest absolute Gasteiger partial charge is 0.494 e. The number of anilines is 1. The summed E-state index contributed by atoms with van der Waals surface area (Å²) in [7, 11) is -3.35. The van der Waals surface area contributed by atoms with Gasteiger partial charge in [-0.15, -0.1) is 0 Å². The Morgan fingerprint density at radius 3 is 2.41 bits per heavy atom. The molecule has 0 radical (unpaired) electrons. The minimum Gasteiger partial charge on any atom is -0.494 e. The quantitative estimate of drug-likeness (QED) is 0.661. The molecule has 0 spiro atoms. The molecule has 0 atom stereocenters. The van der Waals surface area contributed by atoms with E-state index in [1.54, 1.807) is 24.3 Å². The van der Waals surface area contributed by atoms with Gasteiger partial charge >= 0.3 is 5.97 Å². The highest BCUT2D eigenvalue weighted by Gasteiger charge is 2.14. The fraction of sp³-hybridized carbons (Fsp3) is 0.429. The van der Waals surface area contributed by atoms with E-state index in [4.69, 9.17) is 9.84 Å². The van der Waals surface area contributed by atoms with Crippen LogP contribution in [0.1, 0.15) is 19.8 Å². The maximum absolute atomic E-state index is 11.6. The second kappa shape index (κ2) is 8.38. The first-order valence-corrected chi connectivity index (χ1v) is 8.59. The molecule has 8 heteroatoms. The number of benzene rings is 1. The zero-order valence-corrected chi connectivity index (χ0v) is 13.1. The van der Waals surface area contributed by atoms with E-state index >= 15 is 0 Å². The van der Waals surface area contributed by atoms with Gasteiger partial charge in [-0.2, -0.15) is 0 Å². The predicted molar refractivity (Wildman–Crippen MR) is 81.8 cm³/mol. The summed E-state index contributed by atoms with van der Waals surface area (Å²) in [5, 5.41) is 11.0. The standard InChI is InChI=1S/C14H19NO6S/c1-2-22(19,20)10-13(16)15-11-5-7-12(8-6-11)21-9-3-4-14(17)18/h5-8H,2-4,9-10H2,1H3,(H,15,16)(H,17,18). The third kappa shape index (κ3) is 7.07. The summed E-state index contributed by atoms with van der Waals surface area (Å²) < 4.78 is 28.0. The number of aliphatic carboxylic acids is 1. The highest BCUT2D eigenvalue weighted by molar-refractivity contribution is 7.92. The number of carboxylic acid groups (broad SMARTS) is 1. The van der Waals surface area contributed by atoms with Gasteiger partial charge in [-0.3, -0.25) is 9.59 Å². The SMILES string of the molecule is CCS(=O)(=O)CC(=O)Nc1ccc(OCCCC(=O)O)cc1. The van der Waals surface area contributed by atoms with Crippen LogP contribution in [0.25, 0.3) is 0 Å². The third-order valence-electron chi connectivity index (χ3n) is 2.73.